The second kappa shape index (κ2) is 6.41. The Kier molecular flexibility index (Phi) is 4.17. The van der Waals surface area contributed by atoms with Crippen LogP contribution >= 0.6 is 0 Å². The van der Waals surface area contributed by atoms with Crippen LogP contribution in [0.15, 0.2) is 52.9 Å². The summed E-state index contributed by atoms with van der Waals surface area (Å²) in [5.41, 5.74) is 2.86. The molecule has 0 unspecified atom stereocenters. The van der Waals surface area contributed by atoms with Crippen LogP contribution < -0.4 is 10.1 Å². The molecule has 0 radical (unpaired) electrons. The van der Waals surface area contributed by atoms with Crippen molar-refractivity contribution in [3.05, 3.63) is 60.0 Å². The molecule has 0 spiro atoms. The molecule has 0 aliphatic heterocycles. The van der Waals surface area contributed by atoms with Gasteiger partial charge in [0.2, 0.25) is 5.89 Å². The fourth-order valence-electron chi connectivity index (χ4n) is 2.12. The van der Waals surface area contributed by atoms with Crippen molar-refractivity contribution in [3.63, 3.8) is 0 Å². The zero-order valence-corrected chi connectivity index (χ0v) is 12.0. The molecule has 0 aliphatic rings. The molecule has 3 rings (SSSR count). The van der Waals surface area contributed by atoms with E-state index in [-0.39, 0.29) is 0 Å². The molecule has 0 aliphatic carbocycles. The second-order valence-electron chi connectivity index (χ2n) is 4.79. The highest BCUT2D eigenvalue weighted by atomic mass is 16.5. The lowest BCUT2D eigenvalue weighted by Crippen LogP contribution is -2.11. The Morgan fingerprint density at radius 2 is 2.00 bits per heavy atom. The highest BCUT2D eigenvalue weighted by molar-refractivity contribution is 5.73. The molecule has 4 heteroatoms. The van der Waals surface area contributed by atoms with Gasteiger partial charge in [-0.15, -0.1) is 0 Å². The van der Waals surface area contributed by atoms with Crippen LogP contribution in [0.25, 0.3) is 11.1 Å². The summed E-state index contributed by atoms with van der Waals surface area (Å²) in [6.45, 7) is 4.21. The summed E-state index contributed by atoms with van der Waals surface area (Å²) in [4.78, 5) is 4.44. The highest BCUT2D eigenvalue weighted by Crippen LogP contribution is 2.19. The van der Waals surface area contributed by atoms with E-state index in [0.717, 1.165) is 29.9 Å². The molecule has 0 saturated carbocycles. The van der Waals surface area contributed by atoms with Crippen LogP contribution in [0.5, 0.6) is 5.75 Å². The molecule has 4 nitrogen and oxygen atoms in total. The minimum Gasteiger partial charge on any atom is -0.484 e. The van der Waals surface area contributed by atoms with E-state index in [1.54, 1.807) is 0 Å². The first kappa shape index (κ1) is 13.6. The van der Waals surface area contributed by atoms with Gasteiger partial charge in [0.05, 0.1) is 0 Å². The van der Waals surface area contributed by atoms with Gasteiger partial charge < -0.3 is 14.5 Å². The monoisotopic (exact) mass is 282 g/mol. The predicted molar refractivity (Wildman–Crippen MR) is 82.2 cm³/mol. The topological polar surface area (TPSA) is 47.3 Å². The normalized spacial score (nSPS) is 10.9. The third-order valence-corrected chi connectivity index (χ3v) is 3.18. The molecular formula is C17H18N2O2. The van der Waals surface area contributed by atoms with Gasteiger partial charge in [0, 0.05) is 6.54 Å². The lowest BCUT2D eigenvalue weighted by molar-refractivity contribution is 0.267. The summed E-state index contributed by atoms with van der Waals surface area (Å²) in [6, 6.07) is 15.7. The zero-order chi connectivity index (χ0) is 14.5. The summed E-state index contributed by atoms with van der Waals surface area (Å²) in [5.74, 6) is 1.40. The Balaban J connectivity index is 1.71. The van der Waals surface area contributed by atoms with Crippen molar-refractivity contribution < 1.29 is 9.15 Å². The van der Waals surface area contributed by atoms with E-state index in [4.69, 9.17) is 9.15 Å². The number of nitrogens with zero attached hydrogens (tertiary/aromatic N) is 1. The van der Waals surface area contributed by atoms with Crippen molar-refractivity contribution in [2.45, 2.75) is 20.1 Å². The maximum Gasteiger partial charge on any atom is 0.233 e. The lowest BCUT2D eigenvalue weighted by atomic mass is 10.2. The van der Waals surface area contributed by atoms with E-state index in [1.807, 2.05) is 42.5 Å². The molecule has 1 aromatic heterocycles. The first-order valence-electron chi connectivity index (χ1n) is 7.12. The van der Waals surface area contributed by atoms with Crippen LogP contribution in [0, 0.1) is 0 Å². The van der Waals surface area contributed by atoms with Crippen molar-refractivity contribution in [1.82, 2.24) is 10.3 Å². The van der Waals surface area contributed by atoms with Crippen molar-refractivity contribution in [3.8, 4) is 5.75 Å². The standard InChI is InChI=1S/C17H18N2O2/c1-2-18-11-13-8-9-15-16(10-13)21-17(19-15)12-20-14-6-4-3-5-7-14/h3-10,18H,2,11-12H2,1H3. The number of para-hydroxylation sites is 1. The summed E-state index contributed by atoms with van der Waals surface area (Å²) in [6.07, 6.45) is 0. The number of aromatic nitrogens is 1. The van der Waals surface area contributed by atoms with Crippen LogP contribution in [0.2, 0.25) is 0 Å². The van der Waals surface area contributed by atoms with Gasteiger partial charge in [-0.2, -0.15) is 0 Å². The Labute approximate surface area is 123 Å². The smallest absolute Gasteiger partial charge is 0.233 e. The van der Waals surface area contributed by atoms with Crippen molar-refractivity contribution in [2.24, 2.45) is 0 Å². The summed E-state index contributed by atoms with van der Waals surface area (Å²) in [5, 5.41) is 3.30. The third-order valence-electron chi connectivity index (χ3n) is 3.18. The Morgan fingerprint density at radius 3 is 2.81 bits per heavy atom. The van der Waals surface area contributed by atoms with E-state index in [9.17, 15) is 0 Å². The second-order valence-corrected chi connectivity index (χ2v) is 4.79. The molecule has 1 heterocycles. The minimum atomic E-state index is 0.335. The number of rotatable bonds is 6. The van der Waals surface area contributed by atoms with Crippen LogP contribution in [-0.2, 0) is 13.2 Å². The van der Waals surface area contributed by atoms with Gasteiger partial charge in [-0.1, -0.05) is 31.2 Å². The van der Waals surface area contributed by atoms with Crippen LogP contribution in [0.1, 0.15) is 18.4 Å². The fourth-order valence-corrected chi connectivity index (χ4v) is 2.12. The van der Waals surface area contributed by atoms with Crippen LogP contribution in [-0.4, -0.2) is 11.5 Å². The van der Waals surface area contributed by atoms with E-state index >= 15 is 0 Å². The third kappa shape index (κ3) is 3.41. The fraction of sp³-hybridized carbons (Fsp3) is 0.235. The van der Waals surface area contributed by atoms with Gasteiger partial charge in [0.15, 0.2) is 12.2 Å². The van der Waals surface area contributed by atoms with Crippen LogP contribution in [0.4, 0.5) is 0 Å². The highest BCUT2D eigenvalue weighted by Gasteiger charge is 2.07. The molecule has 0 atom stereocenters. The number of hydrogen-bond acceptors (Lipinski definition) is 4. The molecule has 3 aromatic rings. The average Bonchev–Trinajstić information content (AvgIpc) is 2.94. The summed E-state index contributed by atoms with van der Waals surface area (Å²) < 4.78 is 11.4. The number of fused-ring (bicyclic) bond motifs is 1. The number of nitrogens with one attached hydrogen (secondary N) is 1. The average molecular weight is 282 g/mol. The summed E-state index contributed by atoms with van der Waals surface area (Å²) in [7, 11) is 0. The quantitative estimate of drug-likeness (QED) is 0.751. The van der Waals surface area contributed by atoms with Crippen molar-refractivity contribution >= 4 is 11.1 Å². The number of ether oxygens (including phenoxy) is 1. The van der Waals surface area contributed by atoms with Crippen molar-refractivity contribution in [2.75, 3.05) is 6.54 Å². The van der Waals surface area contributed by atoms with Gasteiger partial charge >= 0.3 is 0 Å². The maximum atomic E-state index is 5.75. The minimum absolute atomic E-state index is 0.335. The first-order valence-corrected chi connectivity index (χ1v) is 7.12. The first-order chi connectivity index (χ1) is 10.3. The largest absolute Gasteiger partial charge is 0.484 e. The van der Waals surface area contributed by atoms with Gasteiger partial charge in [-0.3, -0.25) is 0 Å². The van der Waals surface area contributed by atoms with Gasteiger partial charge in [0.25, 0.3) is 0 Å². The number of benzene rings is 2. The van der Waals surface area contributed by atoms with Gasteiger partial charge in [0.1, 0.15) is 11.3 Å². The molecule has 0 bridgehead atoms. The van der Waals surface area contributed by atoms with E-state index in [2.05, 4.69) is 23.3 Å². The number of hydrogen-bond donors (Lipinski definition) is 1. The van der Waals surface area contributed by atoms with E-state index in [0.29, 0.717) is 12.5 Å². The Morgan fingerprint density at radius 1 is 1.14 bits per heavy atom. The Bertz CT molecular complexity index is 707. The lowest BCUT2D eigenvalue weighted by Gasteiger charge is -2.01. The Hall–Kier alpha value is -2.33. The molecule has 21 heavy (non-hydrogen) atoms. The molecule has 0 amide bonds. The molecule has 0 saturated heterocycles. The number of oxazole rings is 1. The molecular weight excluding hydrogens is 264 g/mol. The molecule has 2 aromatic carbocycles. The van der Waals surface area contributed by atoms with Crippen LogP contribution in [0.3, 0.4) is 0 Å². The molecule has 0 fully saturated rings. The summed E-state index contributed by atoms with van der Waals surface area (Å²) >= 11 is 0. The zero-order valence-electron chi connectivity index (χ0n) is 12.0. The van der Waals surface area contributed by atoms with Crippen molar-refractivity contribution in [1.29, 1.82) is 0 Å². The van der Waals surface area contributed by atoms with E-state index < -0.39 is 0 Å². The molecule has 108 valence electrons. The SMILES string of the molecule is CCNCc1ccc2nc(COc3ccccc3)oc2c1. The van der Waals surface area contributed by atoms with E-state index in [1.165, 1.54) is 5.56 Å². The van der Waals surface area contributed by atoms with Gasteiger partial charge in [-0.05, 0) is 36.4 Å². The molecule has 1 N–H and O–H groups in total. The van der Waals surface area contributed by atoms with Gasteiger partial charge in [-0.25, -0.2) is 4.98 Å². The maximum absolute atomic E-state index is 5.75. The predicted octanol–water partition coefficient (Wildman–Crippen LogP) is 3.52.